The molecule has 0 aliphatic carbocycles. The van der Waals surface area contributed by atoms with Crippen molar-refractivity contribution >= 4 is 14.3 Å². The monoisotopic (exact) mass is 190 g/mol. The summed E-state index contributed by atoms with van der Waals surface area (Å²) in [7, 11) is -1.49. The molecule has 0 aromatic carbocycles. The first-order chi connectivity index (χ1) is 5.31. The summed E-state index contributed by atoms with van der Waals surface area (Å²) in [6.07, 6.45) is 0.887. The molecule has 0 spiro atoms. The van der Waals surface area contributed by atoms with E-state index in [1.807, 2.05) is 6.92 Å². The van der Waals surface area contributed by atoms with Gasteiger partial charge in [0.25, 0.3) is 0 Å². The summed E-state index contributed by atoms with van der Waals surface area (Å²) in [6.45, 7) is 8.24. The van der Waals surface area contributed by atoms with E-state index in [1.165, 1.54) is 0 Å². The van der Waals surface area contributed by atoms with Gasteiger partial charge in [-0.3, -0.25) is 4.79 Å². The molecule has 0 heterocycles. The first-order valence-electron chi connectivity index (χ1n) is 4.21. The van der Waals surface area contributed by atoms with Crippen LogP contribution >= 0.6 is 0 Å². The van der Waals surface area contributed by atoms with E-state index in [2.05, 4.69) is 19.6 Å². The van der Waals surface area contributed by atoms with Crippen molar-refractivity contribution in [1.29, 1.82) is 0 Å². The Hall–Kier alpha value is -0.353. The highest BCUT2D eigenvalue weighted by Crippen LogP contribution is 2.10. The number of hydrogen-bond donors (Lipinski definition) is 1. The molecule has 0 aliphatic rings. The maximum absolute atomic E-state index is 10.2. The lowest BCUT2D eigenvalue weighted by Crippen LogP contribution is -2.30. The Kier molecular flexibility index (Phi) is 4.48. The van der Waals surface area contributed by atoms with Crippen molar-refractivity contribution in [1.82, 2.24) is 0 Å². The second-order valence-corrected chi connectivity index (χ2v) is 8.43. The third-order valence-electron chi connectivity index (χ3n) is 1.32. The largest absolute Gasteiger partial charge is 0.481 e. The lowest BCUT2D eigenvalue weighted by Gasteiger charge is -2.22. The van der Waals surface area contributed by atoms with E-state index >= 15 is 0 Å². The number of carboxylic acid groups (broad SMARTS) is 1. The molecule has 4 heteroatoms. The maximum atomic E-state index is 10.2. The molecule has 0 rings (SSSR count). The third-order valence-corrected chi connectivity index (χ3v) is 2.43. The van der Waals surface area contributed by atoms with E-state index in [1.54, 1.807) is 0 Å². The van der Waals surface area contributed by atoms with Crippen molar-refractivity contribution in [3.05, 3.63) is 0 Å². The molecule has 0 amide bonds. The average molecular weight is 190 g/mol. The Morgan fingerprint density at radius 3 is 2.33 bits per heavy atom. The Labute approximate surface area is 74.9 Å². The maximum Gasteiger partial charge on any atom is 0.303 e. The molecule has 0 saturated carbocycles. The molecule has 72 valence electrons. The van der Waals surface area contributed by atoms with Crippen LogP contribution < -0.4 is 0 Å². The molecule has 0 aromatic heterocycles. The zero-order chi connectivity index (χ0) is 9.78. The molecule has 1 atom stereocenters. The van der Waals surface area contributed by atoms with Gasteiger partial charge in [0.1, 0.15) is 0 Å². The lowest BCUT2D eigenvalue weighted by molar-refractivity contribution is -0.137. The number of hydrogen-bond acceptors (Lipinski definition) is 2. The molecule has 1 unspecified atom stereocenters. The van der Waals surface area contributed by atoms with Crippen LogP contribution in [0.1, 0.15) is 19.8 Å². The summed E-state index contributed by atoms with van der Waals surface area (Å²) < 4.78 is 5.66. The number of rotatable bonds is 5. The van der Waals surface area contributed by atoms with Crippen LogP contribution in [0.4, 0.5) is 0 Å². The Morgan fingerprint density at radius 2 is 2.00 bits per heavy atom. The van der Waals surface area contributed by atoms with Gasteiger partial charge in [0.2, 0.25) is 0 Å². The van der Waals surface area contributed by atoms with Gasteiger partial charge in [-0.1, -0.05) is 0 Å². The van der Waals surface area contributed by atoms with Crippen molar-refractivity contribution in [2.45, 2.75) is 45.5 Å². The summed E-state index contributed by atoms with van der Waals surface area (Å²) in [4.78, 5) is 10.2. The topological polar surface area (TPSA) is 46.5 Å². The van der Waals surface area contributed by atoms with Crippen molar-refractivity contribution in [2.24, 2.45) is 0 Å². The molecule has 0 aliphatic heterocycles. The SMILES string of the molecule is CC(CCC(=O)O)O[Si](C)(C)C. The van der Waals surface area contributed by atoms with Crippen molar-refractivity contribution < 1.29 is 14.3 Å². The molecule has 0 saturated heterocycles. The van der Waals surface area contributed by atoms with E-state index in [4.69, 9.17) is 9.53 Å². The lowest BCUT2D eigenvalue weighted by atomic mass is 10.2. The van der Waals surface area contributed by atoms with Crippen LogP contribution in [0.3, 0.4) is 0 Å². The molecular weight excluding hydrogens is 172 g/mol. The zero-order valence-electron chi connectivity index (χ0n) is 8.26. The first-order valence-corrected chi connectivity index (χ1v) is 7.61. The van der Waals surface area contributed by atoms with Crippen molar-refractivity contribution in [3.8, 4) is 0 Å². The fourth-order valence-electron chi connectivity index (χ4n) is 0.989. The van der Waals surface area contributed by atoms with Gasteiger partial charge in [0.05, 0.1) is 0 Å². The minimum Gasteiger partial charge on any atom is -0.481 e. The van der Waals surface area contributed by atoms with E-state index in [0.717, 1.165) is 0 Å². The molecule has 1 N–H and O–H groups in total. The summed E-state index contributed by atoms with van der Waals surface area (Å²) >= 11 is 0. The Bertz CT molecular complexity index is 151. The minimum atomic E-state index is -1.49. The summed E-state index contributed by atoms with van der Waals surface area (Å²) in [5.74, 6) is -0.749. The summed E-state index contributed by atoms with van der Waals surface area (Å²) in [6, 6.07) is 0. The van der Waals surface area contributed by atoms with Crippen LogP contribution in [0.2, 0.25) is 19.6 Å². The smallest absolute Gasteiger partial charge is 0.303 e. The standard InChI is InChI=1S/C8H18O3Si/c1-7(5-6-8(9)10)11-12(2,3)4/h7H,5-6H2,1-4H3,(H,9,10). The number of carboxylic acids is 1. The fraction of sp³-hybridized carbons (Fsp3) is 0.875. The quantitative estimate of drug-likeness (QED) is 0.675. The Balaban J connectivity index is 3.60. The first kappa shape index (κ1) is 11.6. The second kappa shape index (κ2) is 4.62. The predicted octanol–water partition coefficient (Wildman–Crippen LogP) is 2.09. The van der Waals surface area contributed by atoms with Gasteiger partial charge >= 0.3 is 5.97 Å². The molecule has 12 heavy (non-hydrogen) atoms. The van der Waals surface area contributed by atoms with Crippen molar-refractivity contribution in [2.75, 3.05) is 0 Å². The molecule has 0 aromatic rings. The summed E-state index contributed by atoms with van der Waals surface area (Å²) in [5.41, 5.74) is 0. The van der Waals surface area contributed by atoms with E-state index in [-0.39, 0.29) is 12.5 Å². The van der Waals surface area contributed by atoms with Crippen LogP contribution in [0, 0.1) is 0 Å². The van der Waals surface area contributed by atoms with E-state index < -0.39 is 14.3 Å². The van der Waals surface area contributed by atoms with Gasteiger partial charge in [-0.25, -0.2) is 0 Å². The van der Waals surface area contributed by atoms with Gasteiger partial charge in [0.15, 0.2) is 8.32 Å². The summed E-state index contributed by atoms with van der Waals surface area (Å²) in [5, 5.41) is 8.42. The van der Waals surface area contributed by atoms with Gasteiger partial charge < -0.3 is 9.53 Å². The van der Waals surface area contributed by atoms with Gasteiger partial charge in [0, 0.05) is 12.5 Å². The highest BCUT2D eigenvalue weighted by molar-refractivity contribution is 6.69. The van der Waals surface area contributed by atoms with Gasteiger partial charge in [-0.2, -0.15) is 0 Å². The van der Waals surface area contributed by atoms with Gasteiger partial charge in [-0.15, -0.1) is 0 Å². The predicted molar refractivity (Wildman–Crippen MR) is 50.8 cm³/mol. The highest BCUT2D eigenvalue weighted by atomic mass is 28.4. The molecule has 0 radical (unpaired) electrons. The molecular formula is C8H18O3Si. The third kappa shape index (κ3) is 7.75. The Morgan fingerprint density at radius 1 is 1.50 bits per heavy atom. The number of aliphatic carboxylic acids is 1. The average Bonchev–Trinajstić information content (AvgIpc) is 1.79. The van der Waals surface area contributed by atoms with Crippen LogP contribution in [-0.2, 0) is 9.22 Å². The molecule has 0 bridgehead atoms. The van der Waals surface area contributed by atoms with Crippen LogP contribution in [0.5, 0.6) is 0 Å². The van der Waals surface area contributed by atoms with Gasteiger partial charge in [-0.05, 0) is 33.0 Å². The van der Waals surface area contributed by atoms with E-state index in [0.29, 0.717) is 6.42 Å². The van der Waals surface area contributed by atoms with Crippen LogP contribution in [0.25, 0.3) is 0 Å². The zero-order valence-corrected chi connectivity index (χ0v) is 9.26. The van der Waals surface area contributed by atoms with Crippen LogP contribution in [-0.4, -0.2) is 25.5 Å². The minimum absolute atomic E-state index is 0.0766. The van der Waals surface area contributed by atoms with Crippen molar-refractivity contribution in [3.63, 3.8) is 0 Å². The van der Waals surface area contributed by atoms with E-state index in [9.17, 15) is 4.79 Å². The highest BCUT2D eigenvalue weighted by Gasteiger charge is 2.18. The second-order valence-electron chi connectivity index (χ2n) is 3.97. The van der Waals surface area contributed by atoms with Crippen LogP contribution in [0.15, 0.2) is 0 Å². The molecule has 3 nitrogen and oxygen atoms in total. The molecule has 0 fully saturated rings. The fourth-order valence-corrected chi connectivity index (χ4v) is 2.31. The number of carbonyl (C=O) groups is 1. The normalized spacial score (nSPS) is 14.3.